The Bertz CT molecular complexity index is 978. The fourth-order valence-electron chi connectivity index (χ4n) is 2.62. The molecular weight excluding hydrogens is 411 g/mol. The van der Waals surface area contributed by atoms with Crippen LogP contribution in [-0.2, 0) is 6.18 Å². The van der Waals surface area contributed by atoms with E-state index in [2.05, 4.69) is 20.9 Å². The van der Waals surface area contributed by atoms with Crippen LogP contribution in [0.15, 0.2) is 63.9 Å². The van der Waals surface area contributed by atoms with Crippen LogP contribution in [0.5, 0.6) is 5.75 Å². The van der Waals surface area contributed by atoms with Crippen LogP contribution in [0.1, 0.15) is 5.56 Å². The van der Waals surface area contributed by atoms with Crippen LogP contribution < -0.4 is 10.3 Å². The number of alkyl halides is 3. The fraction of sp³-hybridized carbons (Fsp3) is 0.105. The van der Waals surface area contributed by atoms with E-state index < -0.39 is 17.3 Å². The first kappa shape index (κ1) is 18.3. The van der Waals surface area contributed by atoms with E-state index in [1.807, 2.05) is 0 Å². The molecule has 3 nitrogen and oxygen atoms in total. The Morgan fingerprint density at radius 3 is 2.08 bits per heavy atom. The van der Waals surface area contributed by atoms with Crippen molar-refractivity contribution in [1.29, 1.82) is 0 Å². The van der Waals surface area contributed by atoms with Gasteiger partial charge in [-0.15, -0.1) is 0 Å². The summed E-state index contributed by atoms with van der Waals surface area (Å²) in [5, 5.41) is 0. The highest BCUT2D eigenvalue weighted by molar-refractivity contribution is 9.10. The van der Waals surface area contributed by atoms with Gasteiger partial charge in [-0.2, -0.15) is 13.2 Å². The first-order valence-corrected chi connectivity index (χ1v) is 8.34. The molecular formula is C19H13BrF3NO2. The van der Waals surface area contributed by atoms with E-state index >= 15 is 0 Å². The van der Waals surface area contributed by atoms with Crippen LogP contribution in [0, 0.1) is 0 Å². The number of methoxy groups -OCH3 is 1. The van der Waals surface area contributed by atoms with E-state index in [1.165, 1.54) is 25.3 Å². The summed E-state index contributed by atoms with van der Waals surface area (Å²) in [6, 6.07) is 14.3. The standard InChI is InChI=1S/C19H13BrF3NO2/c1-26-14-8-4-11(5-9-14)15-10-16(12-2-6-13(20)7-3-12)24-18(25)17(15)19(21,22)23/h2-10H,1H3,(H,24,25). The number of hydrogen-bond acceptors (Lipinski definition) is 2. The van der Waals surface area contributed by atoms with E-state index in [9.17, 15) is 18.0 Å². The summed E-state index contributed by atoms with van der Waals surface area (Å²) in [5.41, 5.74) is -1.38. The monoisotopic (exact) mass is 423 g/mol. The number of ether oxygens (including phenoxy) is 1. The largest absolute Gasteiger partial charge is 0.497 e. The highest BCUT2D eigenvalue weighted by atomic mass is 79.9. The van der Waals surface area contributed by atoms with Gasteiger partial charge in [-0.05, 0) is 41.5 Å². The Balaban J connectivity index is 2.24. The summed E-state index contributed by atoms with van der Waals surface area (Å²) in [6.07, 6.45) is -4.78. The van der Waals surface area contributed by atoms with Gasteiger partial charge in [-0.25, -0.2) is 0 Å². The summed E-state index contributed by atoms with van der Waals surface area (Å²) in [7, 11) is 1.47. The molecule has 0 fully saturated rings. The van der Waals surface area contributed by atoms with Crippen molar-refractivity contribution in [2.75, 3.05) is 7.11 Å². The van der Waals surface area contributed by atoms with Gasteiger partial charge in [0.25, 0.3) is 5.56 Å². The SMILES string of the molecule is COc1ccc(-c2cc(-c3ccc(Br)cc3)[nH]c(=O)c2C(F)(F)F)cc1. The van der Waals surface area contributed by atoms with Crippen LogP contribution in [0.25, 0.3) is 22.4 Å². The molecule has 1 N–H and O–H groups in total. The summed E-state index contributed by atoms with van der Waals surface area (Å²) in [6.45, 7) is 0. The molecule has 0 aliphatic rings. The van der Waals surface area contributed by atoms with Crippen molar-refractivity contribution in [3.05, 3.63) is 75.0 Å². The molecule has 0 saturated heterocycles. The number of rotatable bonds is 3. The molecule has 0 aliphatic carbocycles. The number of aromatic amines is 1. The maximum absolute atomic E-state index is 13.5. The van der Waals surface area contributed by atoms with Crippen LogP contribution in [0.2, 0.25) is 0 Å². The molecule has 0 saturated carbocycles. The Hall–Kier alpha value is -2.54. The van der Waals surface area contributed by atoms with Crippen molar-refractivity contribution in [2.45, 2.75) is 6.18 Å². The first-order chi connectivity index (χ1) is 12.3. The minimum absolute atomic E-state index is 0.179. The van der Waals surface area contributed by atoms with Crippen molar-refractivity contribution >= 4 is 15.9 Å². The predicted molar refractivity (Wildman–Crippen MR) is 97.2 cm³/mol. The first-order valence-electron chi connectivity index (χ1n) is 7.54. The van der Waals surface area contributed by atoms with Crippen molar-refractivity contribution in [3.63, 3.8) is 0 Å². The molecule has 0 atom stereocenters. The molecule has 0 aliphatic heterocycles. The summed E-state index contributed by atoms with van der Waals surface area (Å²) < 4.78 is 46.3. The molecule has 0 amide bonds. The van der Waals surface area contributed by atoms with Crippen molar-refractivity contribution in [3.8, 4) is 28.1 Å². The third-order valence-electron chi connectivity index (χ3n) is 3.87. The molecule has 7 heteroatoms. The van der Waals surface area contributed by atoms with Gasteiger partial charge < -0.3 is 9.72 Å². The Kier molecular flexibility index (Phi) is 4.91. The molecule has 2 aromatic carbocycles. The van der Waals surface area contributed by atoms with E-state index in [4.69, 9.17) is 4.74 Å². The number of benzene rings is 2. The molecule has 26 heavy (non-hydrogen) atoms. The number of pyridine rings is 1. The lowest BCUT2D eigenvalue weighted by Crippen LogP contribution is -2.23. The maximum atomic E-state index is 13.5. The number of aromatic nitrogens is 1. The zero-order chi connectivity index (χ0) is 18.9. The second-order valence-electron chi connectivity index (χ2n) is 5.53. The van der Waals surface area contributed by atoms with Crippen molar-refractivity contribution in [2.24, 2.45) is 0 Å². The number of hydrogen-bond donors (Lipinski definition) is 1. The van der Waals surface area contributed by atoms with Gasteiger partial charge >= 0.3 is 6.18 Å². The van der Waals surface area contributed by atoms with Gasteiger partial charge in [0.15, 0.2) is 0 Å². The zero-order valence-electron chi connectivity index (χ0n) is 13.5. The smallest absolute Gasteiger partial charge is 0.422 e. The average molecular weight is 424 g/mol. The lowest BCUT2D eigenvalue weighted by atomic mass is 9.98. The third kappa shape index (κ3) is 3.67. The van der Waals surface area contributed by atoms with Gasteiger partial charge in [0, 0.05) is 15.7 Å². The second-order valence-corrected chi connectivity index (χ2v) is 6.45. The van der Waals surface area contributed by atoms with Gasteiger partial charge in [-0.3, -0.25) is 4.79 Å². The van der Waals surface area contributed by atoms with Crippen molar-refractivity contribution < 1.29 is 17.9 Å². The van der Waals surface area contributed by atoms with E-state index in [1.54, 1.807) is 36.4 Å². The number of nitrogens with one attached hydrogen (secondary N) is 1. The maximum Gasteiger partial charge on any atom is 0.422 e. The van der Waals surface area contributed by atoms with Crippen LogP contribution in [0.3, 0.4) is 0 Å². The Labute approximate surface area is 155 Å². The normalized spacial score (nSPS) is 11.4. The van der Waals surface area contributed by atoms with Crippen LogP contribution in [0.4, 0.5) is 13.2 Å². The lowest BCUT2D eigenvalue weighted by molar-refractivity contribution is -0.138. The molecule has 0 radical (unpaired) electrons. The quantitative estimate of drug-likeness (QED) is 0.604. The Morgan fingerprint density at radius 2 is 1.54 bits per heavy atom. The van der Waals surface area contributed by atoms with Gasteiger partial charge in [0.2, 0.25) is 0 Å². The fourth-order valence-corrected chi connectivity index (χ4v) is 2.89. The molecule has 134 valence electrons. The van der Waals surface area contributed by atoms with Crippen LogP contribution in [-0.4, -0.2) is 12.1 Å². The highest BCUT2D eigenvalue weighted by Crippen LogP contribution is 2.36. The lowest BCUT2D eigenvalue weighted by Gasteiger charge is -2.14. The van der Waals surface area contributed by atoms with E-state index in [-0.39, 0.29) is 11.1 Å². The van der Waals surface area contributed by atoms with Crippen molar-refractivity contribution in [1.82, 2.24) is 4.98 Å². The molecule has 3 aromatic rings. The summed E-state index contributed by atoms with van der Waals surface area (Å²) in [5.74, 6) is 0.514. The molecule has 0 spiro atoms. The minimum atomic E-state index is -4.78. The predicted octanol–water partition coefficient (Wildman–Crippen LogP) is 5.50. The molecule has 1 heterocycles. The minimum Gasteiger partial charge on any atom is -0.497 e. The number of H-pyrrole nitrogens is 1. The molecule has 3 rings (SSSR count). The van der Waals surface area contributed by atoms with E-state index in [0.29, 0.717) is 17.0 Å². The van der Waals surface area contributed by atoms with E-state index in [0.717, 1.165) is 4.47 Å². The highest BCUT2D eigenvalue weighted by Gasteiger charge is 2.37. The number of halogens is 4. The van der Waals surface area contributed by atoms with Gasteiger partial charge in [-0.1, -0.05) is 40.2 Å². The molecule has 0 unspecified atom stereocenters. The zero-order valence-corrected chi connectivity index (χ0v) is 15.1. The summed E-state index contributed by atoms with van der Waals surface area (Å²) in [4.78, 5) is 14.6. The summed E-state index contributed by atoms with van der Waals surface area (Å²) >= 11 is 3.30. The topological polar surface area (TPSA) is 42.1 Å². The molecule has 0 bridgehead atoms. The van der Waals surface area contributed by atoms with Gasteiger partial charge in [0.05, 0.1) is 7.11 Å². The second kappa shape index (κ2) is 6.99. The van der Waals surface area contributed by atoms with Crippen LogP contribution >= 0.6 is 15.9 Å². The Morgan fingerprint density at radius 1 is 0.962 bits per heavy atom. The average Bonchev–Trinajstić information content (AvgIpc) is 2.60. The third-order valence-corrected chi connectivity index (χ3v) is 4.40. The molecule has 1 aromatic heterocycles. The van der Waals surface area contributed by atoms with Gasteiger partial charge in [0.1, 0.15) is 11.3 Å².